The fraction of sp³-hybridized carbons (Fsp3) is 0.500. The summed E-state index contributed by atoms with van der Waals surface area (Å²) in [5.41, 5.74) is 0.665. The van der Waals surface area contributed by atoms with E-state index in [-0.39, 0.29) is 18.1 Å². The summed E-state index contributed by atoms with van der Waals surface area (Å²) in [5.74, 6) is -0.0200. The van der Waals surface area contributed by atoms with E-state index in [1.165, 1.54) is 0 Å². The molecule has 4 heteroatoms. The number of nitrogens with zero attached hydrogens (tertiary/aromatic N) is 1. The van der Waals surface area contributed by atoms with E-state index in [0.29, 0.717) is 5.56 Å². The second-order valence-electron chi connectivity index (χ2n) is 4.84. The SMILES string of the molecule is CN(C(=O)c1ccc(Br)cc1)[C@@H]1CCCC[C@@H]1O. The summed E-state index contributed by atoms with van der Waals surface area (Å²) in [4.78, 5) is 14.0. The van der Waals surface area contributed by atoms with Crippen LogP contribution >= 0.6 is 15.9 Å². The molecular formula is C14H18BrNO2. The van der Waals surface area contributed by atoms with Crippen molar-refractivity contribution in [2.75, 3.05) is 7.05 Å². The van der Waals surface area contributed by atoms with Crippen LogP contribution in [0.2, 0.25) is 0 Å². The highest BCUT2D eigenvalue weighted by atomic mass is 79.9. The number of aliphatic hydroxyl groups is 1. The first-order valence-electron chi connectivity index (χ1n) is 6.30. The minimum Gasteiger partial charge on any atom is -0.391 e. The number of hydrogen-bond acceptors (Lipinski definition) is 2. The van der Waals surface area contributed by atoms with Gasteiger partial charge in [0, 0.05) is 17.1 Å². The molecule has 1 aliphatic rings. The molecule has 98 valence electrons. The first kappa shape index (κ1) is 13.6. The lowest BCUT2D eigenvalue weighted by atomic mass is 9.91. The molecule has 1 amide bonds. The van der Waals surface area contributed by atoms with E-state index in [2.05, 4.69) is 15.9 Å². The summed E-state index contributed by atoms with van der Waals surface area (Å²) < 4.78 is 0.958. The zero-order valence-electron chi connectivity index (χ0n) is 10.5. The predicted octanol–water partition coefficient (Wildman–Crippen LogP) is 2.82. The van der Waals surface area contributed by atoms with E-state index >= 15 is 0 Å². The number of aliphatic hydroxyl groups excluding tert-OH is 1. The minimum atomic E-state index is -0.386. The van der Waals surface area contributed by atoms with E-state index in [9.17, 15) is 9.90 Å². The molecule has 1 aromatic carbocycles. The normalized spacial score (nSPS) is 23.7. The lowest BCUT2D eigenvalue weighted by Gasteiger charge is -2.35. The molecule has 0 saturated heterocycles. The van der Waals surface area contributed by atoms with Crippen molar-refractivity contribution in [3.05, 3.63) is 34.3 Å². The van der Waals surface area contributed by atoms with Gasteiger partial charge in [0.2, 0.25) is 0 Å². The van der Waals surface area contributed by atoms with Crippen molar-refractivity contribution in [3.8, 4) is 0 Å². The Bertz CT molecular complexity index is 418. The number of carbonyl (C=O) groups is 1. The van der Waals surface area contributed by atoms with Gasteiger partial charge in [0.05, 0.1) is 12.1 Å². The lowest BCUT2D eigenvalue weighted by Crippen LogP contribution is -2.46. The van der Waals surface area contributed by atoms with Crippen molar-refractivity contribution in [1.29, 1.82) is 0 Å². The number of hydrogen-bond donors (Lipinski definition) is 1. The maximum absolute atomic E-state index is 12.3. The lowest BCUT2D eigenvalue weighted by molar-refractivity contribution is 0.0268. The third-order valence-electron chi connectivity index (χ3n) is 3.60. The number of halogens is 1. The molecule has 1 N–H and O–H groups in total. The van der Waals surface area contributed by atoms with E-state index in [0.717, 1.165) is 30.2 Å². The van der Waals surface area contributed by atoms with Crippen LogP contribution < -0.4 is 0 Å². The molecule has 0 unspecified atom stereocenters. The maximum atomic E-state index is 12.3. The summed E-state index contributed by atoms with van der Waals surface area (Å²) in [6.07, 6.45) is 3.43. The highest BCUT2D eigenvalue weighted by molar-refractivity contribution is 9.10. The van der Waals surface area contributed by atoms with Crippen LogP contribution in [0.25, 0.3) is 0 Å². The summed E-state index contributed by atoms with van der Waals surface area (Å²) >= 11 is 3.35. The molecule has 0 aromatic heterocycles. The minimum absolute atomic E-state index is 0.0200. The van der Waals surface area contributed by atoms with Gasteiger partial charge in [-0.25, -0.2) is 0 Å². The topological polar surface area (TPSA) is 40.5 Å². The second-order valence-corrected chi connectivity index (χ2v) is 5.76. The van der Waals surface area contributed by atoms with Crippen molar-refractivity contribution in [1.82, 2.24) is 4.90 Å². The van der Waals surface area contributed by atoms with E-state index in [4.69, 9.17) is 0 Å². The molecule has 2 atom stereocenters. The van der Waals surface area contributed by atoms with Crippen molar-refractivity contribution in [3.63, 3.8) is 0 Å². The molecule has 0 radical (unpaired) electrons. The van der Waals surface area contributed by atoms with E-state index in [1.807, 2.05) is 12.1 Å². The van der Waals surface area contributed by atoms with Crippen LogP contribution in [0.1, 0.15) is 36.0 Å². The second kappa shape index (κ2) is 5.85. The molecule has 0 bridgehead atoms. The van der Waals surface area contributed by atoms with Crippen molar-refractivity contribution >= 4 is 21.8 Å². The average Bonchev–Trinajstić information content (AvgIpc) is 2.38. The summed E-state index contributed by atoms with van der Waals surface area (Å²) in [6.45, 7) is 0. The standard InChI is InChI=1S/C14H18BrNO2/c1-16(12-4-2-3-5-13(12)17)14(18)10-6-8-11(15)9-7-10/h6-9,12-13,17H,2-5H2,1H3/t12-,13+/m1/s1. The Balaban J connectivity index is 2.10. The highest BCUT2D eigenvalue weighted by Gasteiger charge is 2.29. The summed E-state index contributed by atoms with van der Waals surface area (Å²) in [5, 5.41) is 9.98. The molecular weight excluding hydrogens is 294 g/mol. The van der Waals surface area contributed by atoms with Gasteiger partial charge in [-0.2, -0.15) is 0 Å². The van der Waals surface area contributed by atoms with Crippen molar-refractivity contribution < 1.29 is 9.90 Å². The van der Waals surface area contributed by atoms with Crippen LogP contribution in [-0.4, -0.2) is 35.1 Å². The number of rotatable bonds is 2. The zero-order chi connectivity index (χ0) is 13.1. The zero-order valence-corrected chi connectivity index (χ0v) is 12.1. The van der Waals surface area contributed by atoms with Crippen molar-refractivity contribution in [2.45, 2.75) is 37.8 Å². The third kappa shape index (κ3) is 2.93. The Kier molecular flexibility index (Phi) is 4.40. The molecule has 1 fully saturated rings. The van der Waals surface area contributed by atoms with Crippen molar-refractivity contribution in [2.24, 2.45) is 0 Å². The average molecular weight is 312 g/mol. The van der Waals surface area contributed by atoms with Gasteiger partial charge in [-0.3, -0.25) is 4.79 Å². The van der Waals surface area contributed by atoms with Gasteiger partial charge < -0.3 is 10.0 Å². The molecule has 0 heterocycles. The van der Waals surface area contributed by atoms with Gasteiger partial charge in [0.25, 0.3) is 5.91 Å². The third-order valence-corrected chi connectivity index (χ3v) is 4.13. The quantitative estimate of drug-likeness (QED) is 0.912. The number of benzene rings is 1. The Morgan fingerprint density at radius 1 is 1.28 bits per heavy atom. The van der Waals surface area contributed by atoms with Gasteiger partial charge in [-0.05, 0) is 37.1 Å². The largest absolute Gasteiger partial charge is 0.391 e. The fourth-order valence-electron chi connectivity index (χ4n) is 2.49. The molecule has 0 spiro atoms. The Morgan fingerprint density at radius 3 is 2.50 bits per heavy atom. The monoisotopic (exact) mass is 311 g/mol. The van der Waals surface area contributed by atoms with Gasteiger partial charge in [0.15, 0.2) is 0 Å². The molecule has 0 aliphatic heterocycles. The van der Waals surface area contributed by atoms with E-state index < -0.39 is 0 Å². The van der Waals surface area contributed by atoms with Gasteiger partial charge in [-0.15, -0.1) is 0 Å². The number of carbonyl (C=O) groups excluding carboxylic acids is 1. The van der Waals surface area contributed by atoms with Gasteiger partial charge in [-0.1, -0.05) is 28.8 Å². The first-order chi connectivity index (χ1) is 8.59. The highest BCUT2D eigenvalue weighted by Crippen LogP contribution is 2.23. The van der Waals surface area contributed by atoms with Crippen LogP contribution in [-0.2, 0) is 0 Å². The molecule has 1 saturated carbocycles. The summed E-state index contributed by atoms with van der Waals surface area (Å²) in [6, 6.07) is 7.28. The number of amides is 1. The van der Waals surface area contributed by atoms with Crippen LogP contribution in [0.15, 0.2) is 28.7 Å². The predicted molar refractivity (Wildman–Crippen MR) is 74.5 cm³/mol. The molecule has 3 nitrogen and oxygen atoms in total. The fourth-order valence-corrected chi connectivity index (χ4v) is 2.75. The Hall–Kier alpha value is -0.870. The van der Waals surface area contributed by atoms with E-state index in [1.54, 1.807) is 24.1 Å². The number of likely N-dealkylation sites (N-methyl/N-ethyl adjacent to an activating group) is 1. The molecule has 18 heavy (non-hydrogen) atoms. The van der Waals surface area contributed by atoms with Crippen LogP contribution in [0, 0.1) is 0 Å². The van der Waals surface area contributed by atoms with Gasteiger partial charge in [0.1, 0.15) is 0 Å². The van der Waals surface area contributed by atoms with Crippen LogP contribution in [0.3, 0.4) is 0 Å². The summed E-state index contributed by atoms with van der Waals surface area (Å²) in [7, 11) is 1.78. The molecule has 1 aromatic rings. The first-order valence-corrected chi connectivity index (χ1v) is 7.09. The van der Waals surface area contributed by atoms with Gasteiger partial charge >= 0.3 is 0 Å². The smallest absolute Gasteiger partial charge is 0.253 e. The van der Waals surface area contributed by atoms with Crippen LogP contribution in [0.4, 0.5) is 0 Å². The molecule has 1 aliphatic carbocycles. The Labute approximate surface area is 116 Å². The maximum Gasteiger partial charge on any atom is 0.253 e. The Morgan fingerprint density at radius 2 is 1.89 bits per heavy atom. The molecule has 2 rings (SSSR count). The van der Waals surface area contributed by atoms with Crippen LogP contribution in [0.5, 0.6) is 0 Å².